The van der Waals surface area contributed by atoms with E-state index in [9.17, 15) is 13.7 Å². The molecule has 2 aliphatic heterocycles. The second kappa shape index (κ2) is 22.8. The molecule has 14 aromatic carbocycles. The zero-order valence-electron chi connectivity index (χ0n) is 71.0. The molecule has 3 aromatic heterocycles. The van der Waals surface area contributed by atoms with Crippen LogP contribution in [0.25, 0.3) is 127 Å². The monoisotopic (exact) mass is 1330 g/mol. The number of hydrogen-bond acceptors (Lipinski definition) is 4. The number of furan rings is 2. The highest BCUT2D eigenvalue weighted by molar-refractivity contribution is 7.00. The largest absolute Gasteiger partial charge is 0.455 e. The van der Waals surface area contributed by atoms with Gasteiger partial charge in [0.05, 0.1) is 40.2 Å². The van der Waals surface area contributed by atoms with E-state index in [1.165, 1.54) is 0 Å². The molecule has 0 saturated heterocycles. The molecule has 19 rings (SSSR count). The first-order valence-electron chi connectivity index (χ1n) is 41.3. The lowest BCUT2D eigenvalue weighted by atomic mass is 9.33. The SMILES string of the molecule is [2H]c1c([2H])c([2H])c(-c2ccc3c(c2)B2c4ccc(-n5c6c([2H])c([2H])c([2H])c([2H])c6c6c([2H])c([2H])c([2H])c([2H])c65)cc4N(c4c(-c5ccccc5)cc(C(C)(C)C)cc4-c4cccc5c4oc4ccccc45)c4cc(C(C)(C)C)cc(c42)N3c2c(-c3ccccc3)cc(C(C)(C)C)cc2-c2cccc3c2oc2ccccc23)c([2H])c1[2H]. The fourth-order valence-corrected chi connectivity index (χ4v) is 15.9. The van der Waals surface area contributed by atoms with Crippen LogP contribution in [0, 0.1) is 0 Å². The second-order valence-electron chi connectivity index (χ2n) is 30.2. The normalized spacial score (nSPS) is 14.9. The van der Waals surface area contributed by atoms with E-state index in [-0.39, 0.29) is 39.5 Å². The van der Waals surface area contributed by atoms with Crippen molar-refractivity contribution >= 4 is 123 Å². The van der Waals surface area contributed by atoms with Crippen molar-refractivity contribution in [1.82, 2.24) is 4.57 Å². The third-order valence-electron chi connectivity index (χ3n) is 21.0. The quantitative estimate of drug-likeness (QED) is 0.142. The Morgan fingerprint density at radius 3 is 1.28 bits per heavy atom. The highest BCUT2D eigenvalue weighted by Gasteiger charge is 2.47. The number of hydrogen-bond donors (Lipinski definition) is 0. The maximum absolute atomic E-state index is 9.91. The minimum absolute atomic E-state index is 0.00976. The summed E-state index contributed by atoms with van der Waals surface area (Å²) in [5, 5.41) is 3.60. The predicted octanol–water partition coefficient (Wildman–Crippen LogP) is 24.9. The van der Waals surface area contributed by atoms with Gasteiger partial charge in [-0.1, -0.05) is 280 Å². The number of benzene rings is 14. The standard InChI is InChI=1S/C96H76BN3O2/c1-94(2,3)63-52-75(60-31-15-11-16-32-60)90(77(54-63)73-41-27-39-71-69-37-21-25-45-87(69)101-92(71)73)99-83-50-47-62(59-29-13-10-14-30-59)51-80(83)97-79-49-48-66(98-81-43-23-19-35-67(81)68-36-20-24-44-82(68)98)58-84(79)100(86-57-65(96(7,8)9)56-85(99)89(86)97)91-76(61-33-17-12-18-34-61)53-64(95(4,5)6)55-78(91)74-42-28-40-72-70-38-22-26-46-88(70)102-93(72)74/h10-58H,1-9H3/i10D,13D,14D,19D,20D,23D,24D,29D,30D,35D,36D,43D,44D. The summed E-state index contributed by atoms with van der Waals surface area (Å²) in [6.07, 6.45) is 0. The maximum Gasteiger partial charge on any atom is 0.252 e. The van der Waals surface area contributed by atoms with Crippen LogP contribution in [0.2, 0.25) is 0 Å². The summed E-state index contributed by atoms with van der Waals surface area (Å²) in [5.41, 5.74) is 18.3. The van der Waals surface area contributed by atoms with E-state index < -0.39 is 89.4 Å². The average Bonchev–Trinajstić information content (AvgIpc) is 1.49. The van der Waals surface area contributed by atoms with Gasteiger partial charge in [-0.25, -0.2) is 0 Å². The fraction of sp³-hybridized carbons (Fsp3) is 0.125. The van der Waals surface area contributed by atoms with Gasteiger partial charge < -0.3 is 23.2 Å². The molecule has 0 N–H and O–H groups in total. The van der Waals surface area contributed by atoms with Crippen molar-refractivity contribution in [2.75, 3.05) is 9.80 Å². The van der Waals surface area contributed by atoms with E-state index in [0.717, 1.165) is 122 Å². The summed E-state index contributed by atoms with van der Waals surface area (Å²) in [4.78, 5) is 4.73. The van der Waals surface area contributed by atoms with Gasteiger partial charge in [-0.3, -0.25) is 0 Å². The Kier molecular flexibility index (Phi) is 10.9. The molecule has 490 valence electrons. The molecule has 0 unspecified atom stereocenters. The first kappa shape index (κ1) is 48.8. The van der Waals surface area contributed by atoms with E-state index in [0.29, 0.717) is 44.8 Å². The molecule has 0 fully saturated rings. The van der Waals surface area contributed by atoms with Crippen molar-refractivity contribution in [3.8, 4) is 61.3 Å². The van der Waals surface area contributed by atoms with Gasteiger partial charge in [0.15, 0.2) is 0 Å². The highest BCUT2D eigenvalue weighted by atomic mass is 16.3. The van der Waals surface area contributed by atoms with Crippen LogP contribution in [-0.4, -0.2) is 11.3 Å². The number of aromatic nitrogens is 1. The fourth-order valence-electron chi connectivity index (χ4n) is 15.9. The number of rotatable bonds is 8. The van der Waals surface area contributed by atoms with Crippen molar-refractivity contribution in [3.05, 3.63) is 314 Å². The summed E-state index contributed by atoms with van der Waals surface area (Å²) < 4.78 is 139. The predicted molar refractivity (Wildman–Crippen MR) is 433 cm³/mol. The van der Waals surface area contributed by atoms with E-state index in [1.54, 1.807) is 4.57 Å². The van der Waals surface area contributed by atoms with Gasteiger partial charge in [-0.2, -0.15) is 0 Å². The smallest absolute Gasteiger partial charge is 0.252 e. The van der Waals surface area contributed by atoms with Crippen LogP contribution >= 0.6 is 0 Å². The van der Waals surface area contributed by atoms with Gasteiger partial charge in [-0.05, 0) is 150 Å². The number of fused-ring (bicyclic) bond motifs is 13. The molecule has 2 aliphatic rings. The third-order valence-corrected chi connectivity index (χ3v) is 21.0. The maximum atomic E-state index is 9.91. The Morgan fingerprint density at radius 1 is 0.314 bits per heavy atom. The van der Waals surface area contributed by atoms with Gasteiger partial charge >= 0.3 is 0 Å². The van der Waals surface area contributed by atoms with Crippen LogP contribution in [0.1, 0.15) is 96.8 Å². The summed E-state index contributed by atoms with van der Waals surface area (Å²) in [6.45, 7) is 19.1. The molecule has 5 heterocycles. The van der Waals surface area contributed by atoms with Gasteiger partial charge in [0.1, 0.15) is 22.3 Å². The van der Waals surface area contributed by atoms with Crippen LogP contribution < -0.4 is 26.2 Å². The molecule has 0 saturated carbocycles. The van der Waals surface area contributed by atoms with Gasteiger partial charge in [0, 0.05) is 94.1 Å². The van der Waals surface area contributed by atoms with Crippen LogP contribution in [0.3, 0.4) is 0 Å². The molecule has 0 aliphatic carbocycles. The third kappa shape index (κ3) is 9.59. The average molecular weight is 1330 g/mol. The van der Waals surface area contributed by atoms with Crippen molar-refractivity contribution in [3.63, 3.8) is 0 Å². The Hall–Kier alpha value is -11.9. The molecular weight excluding hydrogens is 1240 g/mol. The van der Waals surface area contributed by atoms with E-state index in [2.05, 4.69) is 193 Å². The van der Waals surface area contributed by atoms with E-state index in [1.807, 2.05) is 97.1 Å². The lowest BCUT2D eigenvalue weighted by Gasteiger charge is -2.47. The van der Waals surface area contributed by atoms with Gasteiger partial charge in [0.2, 0.25) is 0 Å². The van der Waals surface area contributed by atoms with Crippen LogP contribution in [-0.2, 0) is 16.2 Å². The number of anilines is 6. The summed E-state index contributed by atoms with van der Waals surface area (Å²) in [6, 6.07) is 68.7. The molecule has 102 heavy (non-hydrogen) atoms. The van der Waals surface area contributed by atoms with E-state index in [4.69, 9.17) is 12.9 Å². The Labute approximate surface area is 614 Å². The van der Waals surface area contributed by atoms with E-state index >= 15 is 0 Å². The number of para-hydroxylation sites is 6. The first-order valence-corrected chi connectivity index (χ1v) is 34.8. The molecule has 6 heteroatoms. The zero-order chi connectivity index (χ0) is 80.4. The zero-order valence-corrected chi connectivity index (χ0v) is 58.0. The Bertz CT molecular complexity index is 7000. The summed E-state index contributed by atoms with van der Waals surface area (Å²) in [7, 11) is 0. The lowest BCUT2D eigenvalue weighted by molar-refractivity contribution is 0.590. The lowest BCUT2D eigenvalue weighted by Crippen LogP contribution is -2.61. The molecule has 0 atom stereocenters. The molecule has 5 nitrogen and oxygen atoms in total. The van der Waals surface area contributed by atoms with Crippen LogP contribution in [0.15, 0.2) is 306 Å². The Morgan fingerprint density at radius 2 is 0.765 bits per heavy atom. The molecule has 17 aromatic rings. The van der Waals surface area contributed by atoms with Gasteiger partial charge in [-0.15, -0.1) is 0 Å². The molecule has 0 bridgehead atoms. The van der Waals surface area contributed by atoms with Crippen molar-refractivity contribution < 1.29 is 26.7 Å². The Balaban J connectivity index is 1.05. The molecule has 0 spiro atoms. The highest BCUT2D eigenvalue weighted by Crippen LogP contribution is 2.57. The van der Waals surface area contributed by atoms with Crippen molar-refractivity contribution in [2.24, 2.45) is 0 Å². The first-order chi connectivity index (χ1) is 54.9. The summed E-state index contributed by atoms with van der Waals surface area (Å²) in [5.74, 6) is 0. The van der Waals surface area contributed by atoms with Crippen LogP contribution in [0.5, 0.6) is 0 Å². The molecule has 0 amide bonds. The second-order valence-corrected chi connectivity index (χ2v) is 30.2. The summed E-state index contributed by atoms with van der Waals surface area (Å²) >= 11 is 0. The minimum atomic E-state index is -0.810. The number of nitrogens with zero attached hydrogens (tertiary/aromatic N) is 3. The van der Waals surface area contributed by atoms with Crippen LogP contribution in [0.4, 0.5) is 34.1 Å². The van der Waals surface area contributed by atoms with Crippen molar-refractivity contribution in [2.45, 2.75) is 78.6 Å². The van der Waals surface area contributed by atoms with Crippen molar-refractivity contribution in [1.29, 1.82) is 0 Å². The minimum Gasteiger partial charge on any atom is -0.455 e. The molecular formula is C96H76BN3O2. The topological polar surface area (TPSA) is 37.7 Å². The van der Waals surface area contributed by atoms with Gasteiger partial charge in [0.25, 0.3) is 6.71 Å². The molecule has 0 radical (unpaired) electrons.